The number of rotatable bonds is 4. The van der Waals surface area contributed by atoms with Gasteiger partial charge in [0.1, 0.15) is 5.82 Å². The molecule has 10 nitrogen and oxygen atoms in total. The molecule has 4 rings (SSSR count). The van der Waals surface area contributed by atoms with Gasteiger partial charge in [-0.2, -0.15) is 18.2 Å². The highest BCUT2D eigenvalue weighted by atomic mass is 19.4. The van der Waals surface area contributed by atoms with Crippen molar-refractivity contribution < 1.29 is 27.8 Å². The fourth-order valence-electron chi connectivity index (χ4n) is 3.48. The number of halogens is 3. The number of carbonyl (C=O) groups is 1. The lowest BCUT2D eigenvalue weighted by Crippen LogP contribution is -2.38. The fraction of sp³-hybridized carbons (Fsp3) is 0.429. The number of nitrogens with zero attached hydrogens (tertiary/aromatic N) is 5. The minimum Gasteiger partial charge on any atom is -0.475 e. The Kier molecular flexibility index (Phi) is 8.10. The Hall–Kier alpha value is -3.61. The van der Waals surface area contributed by atoms with Gasteiger partial charge in [0.05, 0.1) is 25.5 Å². The number of aromatic nitrogens is 2. The number of anilines is 3. The molecule has 0 spiro atoms. The van der Waals surface area contributed by atoms with Crippen molar-refractivity contribution in [1.29, 1.82) is 0 Å². The molecule has 2 aliphatic heterocycles. The third kappa shape index (κ3) is 6.47. The average Bonchev–Trinajstić information content (AvgIpc) is 3.24. The van der Waals surface area contributed by atoms with Crippen molar-refractivity contribution in [3.8, 4) is 0 Å². The highest BCUT2D eigenvalue weighted by Gasteiger charge is 2.38. The van der Waals surface area contributed by atoms with Gasteiger partial charge in [0.2, 0.25) is 5.95 Å². The van der Waals surface area contributed by atoms with Crippen LogP contribution in [0.15, 0.2) is 35.3 Å². The minimum atomic E-state index is -5.08. The first kappa shape index (κ1) is 25.0. The van der Waals surface area contributed by atoms with Gasteiger partial charge in [0.15, 0.2) is 5.96 Å². The molecule has 1 saturated heterocycles. The van der Waals surface area contributed by atoms with Crippen molar-refractivity contribution in [3.63, 3.8) is 0 Å². The van der Waals surface area contributed by atoms with E-state index in [2.05, 4.69) is 44.4 Å². The summed E-state index contributed by atoms with van der Waals surface area (Å²) in [5, 5.41) is 10.2. The number of hydrogen-bond acceptors (Lipinski definition) is 7. The van der Waals surface area contributed by atoms with Gasteiger partial charge in [-0.05, 0) is 19.1 Å². The van der Waals surface area contributed by atoms with Crippen LogP contribution in [0.2, 0.25) is 0 Å². The normalized spacial score (nSPS) is 15.9. The molecular weight excluding hydrogens is 455 g/mol. The summed E-state index contributed by atoms with van der Waals surface area (Å²) in [6, 6.07) is 10.4. The van der Waals surface area contributed by atoms with Crippen molar-refractivity contribution in [2.24, 2.45) is 10.7 Å². The molecule has 0 aliphatic carbocycles. The molecule has 2 aliphatic rings. The number of para-hydroxylation sites is 1. The lowest BCUT2D eigenvalue weighted by molar-refractivity contribution is -0.192. The highest BCUT2D eigenvalue weighted by molar-refractivity contribution is 5.90. The molecule has 184 valence electrons. The Morgan fingerprint density at radius 3 is 2.41 bits per heavy atom. The number of aliphatic imine (C=N–C) groups is 1. The van der Waals surface area contributed by atoms with Gasteiger partial charge < -0.3 is 25.4 Å². The molecule has 1 aromatic heterocycles. The molecule has 34 heavy (non-hydrogen) atoms. The molecule has 0 unspecified atom stereocenters. The van der Waals surface area contributed by atoms with E-state index in [4.69, 9.17) is 30.3 Å². The number of carboxylic acid groups (broad SMARTS) is 1. The third-order valence-electron chi connectivity index (χ3n) is 5.00. The first-order chi connectivity index (χ1) is 16.2. The van der Waals surface area contributed by atoms with E-state index in [9.17, 15) is 13.2 Å². The van der Waals surface area contributed by atoms with Gasteiger partial charge in [-0.15, -0.1) is 0 Å². The quantitative estimate of drug-likeness (QED) is 0.445. The number of carboxylic acids is 1. The van der Waals surface area contributed by atoms with E-state index in [-0.39, 0.29) is 0 Å². The second-order valence-electron chi connectivity index (χ2n) is 7.37. The van der Waals surface area contributed by atoms with Crippen LogP contribution in [-0.4, -0.2) is 66.0 Å². The predicted molar refractivity (Wildman–Crippen MR) is 121 cm³/mol. The van der Waals surface area contributed by atoms with Crippen molar-refractivity contribution >= 4 is 29.4 Å². The topological polar surface area (TPSA) is 129 Å². The number of benzene rings is 1. The van der Waals surface area contributed by atoms with Crippen molar-refractivity contribution in [1.82, 2.24) is 9.97 Å². The van der Waals surface area contributed by atoms with Crippen LogP contribution < -0.4 is 20.9 Å². The van der Waals surface area contributed by atoms with Gasteiger partial charge in [0.25, 0.3) is 0 Å². The standard InChI is InChI=1S/C19H25N7O.C2HF3O2/c1-2-21-18(20)24-19-22-16-13-26(14-6-4-3-5-7-14)12-15(16)17(23-19)25-8-10-27-11-9-25;3-2(4,5)1(6)7/h3-7H,2,8-13H2,1H3,(H3,20,21,22,23,24);(H,6,7). The molecule has 2 aromatic rings. The third-order valence-corrected chi connectivity index (χ3v) is 5.00. The number of ether oxygens (including phenoxy) is 1. The molecule has 0 radical (unpaired) electrons. The van der Waals surface area contributed by atoms with Gasteiger partial charge in [-0.25, -0.2) is 9.78 Å². The van der Waals surface area contributed by atoms with Gasteiger partial charge in [0, 0.05) is 37.4 Å². The van der Waals surface area contributed by atoms with Crippen LogP contribution in [0, 0.1) is 0 Å². The van der Waals surface area contributed by atoms with E-state index in [0.29, 0.717) is 31.7 Å². The zero-order chi connectivity index (χ0) is 24.7. The van der Waals surface area contributed by atoms with Gasteiger partial charge >= 0.3 is 12.1 Å². The fourth-order valence-corrected chi connectivity index (χ4v) is 3.48. The van der Waals surface area contributed by atoms with E-state index < -0.39 is 12.1 Å². The van der Waals surface area contributed by atoms with E-state index in [1.807, 2.05) is 13.0 Å². The predicted octanol–water partition coefficient (Wildman–Crippen LogP) is 2.21. The van der Waals surface area contributed by atoms with E-state index in [1.54, 1.807) is 0 Å². The number of fused-ring (bicyclic) bond motifs is 1. The number of guanidine groups is 1. The van der Waals surface area contributed by atoms with Crippen molar-refractivity contribution in [2.75, 3.05) is 48.0 Å². The average molecular weight is 481 g/mol. The highest BCUT2D eigenvalue weighted by Crippen LogP contribution is 2.33. The van der Waals surface area contributed by atoms with Crippen LogP contribution in [0.3, 0.4) is 0 Å². The number of nitrogens with two attached hydrogens (primary N) is 1. The summed E-state index contributed by atoms with van der Waals surface area (Å²) < 4.78 is 37.2. The largest absolute Gasteiger partial charge is 0.490 e. The molecule has 13 heteroatoms. The molecule has 0 amide bonds. The molecule has 1 aromatic carbocycles. The van der Waals surface area contributed by atoms with E-state index in [1.165, 1.54) is 11.3 Å². The Labute approximate surface area is 194 Å². The first-order valence-electron chi connectivity index (χ1n) is 10.6. The maximum absolute atomic E-state index is 10.6. The summed E-state index contributed by atoms with van der Waals surface area (Å²) in [4.78, 5) is 27.2. The second-order valence-corrected chi connectivity index (χ2v) is 7.37. The van der Waals surface area contributed by atoms with Crippen LogP contribution in [0.4, 0.5) is 30.6 Å². The Balaban J connectivity index is 0.000000406. The molecule has 4 N–H and O–H groups in total. The number of hydrogen-bond donors (Lipinski definition) is 3. The number of alkyl halides is 3. The Bertz CT molecular complexity index is 1010. The Morgan fingerprint density at radius 1 is 1.18 bits per heavy atom. The number of aliphatic carboxylic acids is 1. The summed E-state index contributed by atoms with van der Waals surface area (Å²) in [5.74, 6) is -0.954. The SMILES string of the molecule is CCN=C(N)Nc1nc2c(c(N3CCOCC3)n1)CN(c1ccccc1)C2.O=C(O)C(F)(F)F. The smallest absolute Gasteiger partial charge is 0.475 e. The van der Waals surface area contributed by atoms with Gasteiger partial charge in [-0.3, -0.25) is 10.3 Å². The zero-order valence-corrected chi connectivity index (χ0v) is 18.5. The van der Waals surface area contributed by atoms with Crippen LogP contribution in [-0.2, 0) is 22.6 Å². The van der Waals surface area contributed by atoms with Crippen LogP contribution in [0.25, 0.3) is 0 Å². The lowest BCUT2D eigenvalue weighted by atomic mass is 10.2. The second kappa shape index (κ2) is 11.0. The van der Waals surface area contributed by atoms with Crippen LogP contribution >= 0.6 is 0 Å². The Morgan fingerprint density at radius 2 is 1.82 bits per heavy atom. The molecule has 0 bridgehead atoms. The zero-order valence-electron chi connectivity index (χ0n) is 18.5. The molecule has 0 saturated carbocycles. The van der Waals surface area contributed by atoms with E-state index in [0.717, 1.165) is 37.7 Å². The molecule has 3 heterocycles. The molecule has 0 atom stereocenters. The number of morpholine rings is 1. The van der Waals surface area contributed by atoms with Crippen molar-refractivity contribution in [2.45, 2.75) is 26.2 Å². The van der Waals surface area contributed by atoms with E-state index >= 15 is 0 Å². The summed E-state index contributed by atoms with van der Waals surface area (Å²) in [7, 11) is 0. The maximum Gasteiger partial charge on any atom is 0.490 e. The molecular formula is C21H26F3N7O3. The number of nitrogens with one attached hydrogen (secondary N) is 1. The summed E-state index contributed by atoms with van der Waals surface area (Å²) in [6.07, 6.45) is -5.08. The first-order valence-corrected chi connectivity index (χ1v) is 10.6. The maximum atomic E-state index is 10.6. The summed E-state index contributed by atoms with van der Waals surface area (Å²) >= 11 is 0. The summed E-state index contributed by atoms with van der Waals surface area (Å²) in [5.41, 5.74) is 9.32. The van der Waals surface area contributed by atoms with Gasteiger partial charge in [-0.1, -0.05) is 18.2 Å². The van der Waals surface area contributed by atoms with Crippen molar-refractivity contribution in [3.05, 3.63) is 41.6 Å². The lowest BCUT2D eigenvalue weighted by Gasteiger charge is -2.29. The monoisotopic (exact) mass is 481 g/mol. The minimum absolute atomic E-state index is 0.336. The van der Waals surface area contributed by atoms with Crippen LogP contribution in [0.5, 0.6) is 0 Å². The van der Waals surface area contributed by atoms with Crippen LogP contribution in [0.1, 0.15) is 18.2 Å². The summed E-state index contributed by atoms with van der Waals surface area (Å²) in [6.45, 7) is 7.17. The molecule has 1 fully saturated rings.